The van der Waals surface area contributed by atoms with Crippen LogP contribution in [0.25, 0.3) is 0 Å². The van der Waals surface area contributed by atoms with Crippen LogP contribution < -0.4 is 0 Å². The van der Waals surface area contributed by atoms with Crippen LogP contribution in [0.4, 0.5) is 0 Å². The molecular formula is C18H26O2SSi. The molecule has 0 amide bonds. The van der Waals surface area contributed by atoms with Crippen molar-refractivity contribution in [2.75, 3.05) is 5.75 Å². The Morgan fingerprint density at radius 2 is 1.86 bits per heavy atom. The van der Waals surface area contributed by atoms with Crippen molar-refractivity contribution in [3.63, 3.8) is 0 Å². The zero-order valence-electron chi connectivity index (χ0n) is 14.2. The van der Waals surface area contributed by atoms with Gasteiger partial charge in [-0.2, -0.15) is 0 Å². The molecule has 0 aliphatic carbocycles. The van der Waals surface area contributed by atoms with Crippen molar-refractivity contribution in [1.82, 2.24) is 0 Å². The summed E-state index contributed by atoms with van der Waals surface area (Å²) in [6.07, 6.45) is 2.89. The van der Waals surface area contributed by atoms with Gasteiger partial charge in [0.2, 0.25) is 8.32 Å². The summed E-state index contributed by atoms with van der Waals surface area (Å²) >= 11 is 1.70. The molecule has 0 saturated carbocycles. The monoisotopic (exact) mass is 334 g/mol. The average molecular weight is 335 g/mol. The molecule has 1 aromatic carbocycles. The fourth-order valence-corrected chi connectivity index (χ4v) is 4.35. The smallest absolute Gasteiger partial charge is 0.250 e. The van der Waals surface area contributed by atoms with Gasteiger partial charge >= 0.3 is 0 Å². The lowest BCUT2D eigenvalue weighted by atomic mass is 10.1. The quantitative estimate of drug-likeness (QED) is 0.553. The fourth-order valence-electron chi connectivity index (χ4n) is 2.07. The summed E-state index contributed by atoms with van der Waals surface area (Å²) < 4.78 is 6.34. The first-order valence-corrected chi connectivity index (χ1v) is 11.8. The lowest BCUT2D eigenvalue weighted by Crippen LogP contribution is -2.41. The first-order valence-electron chi connectivity index (χ1n) is 7.79. The highest BCUT2D eigenvalue weighted by molar-refractivity contribution is 8.00. The van der Waals surface area contributed by atoms with Crippen LogP contribution >= 0.6 is 11.8 Å². The zero-order chi connectivity index (χ0) is 16.4. The summed E-state index contributed by atoms with van der Waals surface area (Å²) in [6, 6.07) is 9.57. The molecule has 1 atom stereocenters. The topological polar surface area (TPSA) is 26.3 Å². The lowest BCUT2D eigenvalue weighted by molar-refractivity contribution is 0.0989. The Hall–Kier alpha value is -1.00. The molecule has 0 radical (unpaired) electrons. The maximum atomic E-state index is 12.5. The average Bonchev–Trinajstić information content (AvgIpc) is 2.47. The van der Waals surface area contributed by atoms with E-state index in [0.29, 0.717) is 0 Å². The Bertz CT molecular complexity index is 558. The van der Waals surface area contributed by atoms with E-state index in [0.717, 1.165) is 23.5 Å². The number of hydrogen-bond donors (Lipinski definition) is 0. The first kappa shape index (κ1) is 17.4. The second-order valence-corrected chi connectivity index (χ2v) is 13.2. The second kappa shape index (κ2) is 6.63. The number of carbonyl (C=O) groups is 1. The van der Waals surface area contributed by atoms with Gasteiger partial charge in [-0.1, -0.05) is 51.1 Å². The number of thioether (sulfide) groups is 1. The molecule has 1 aliphatic rings. The van der Waals surface area contributed by atoms with Gasteiger partial charge in [0.15, 0.2) is 5.78 Å². The molecule has 0 fully saturated rings. The Morgan fingerprint density at radius 3 is 2.36 bits per heavy atom. The van der Waals surface area contributed by atoms with Gasteiger partial charge in [0.1, 0.15) is 0 Å². The lowest BCUT2D eigenvalue weighted by Gasteiger charge is -2.38. The summed E-state index contributed by atoms with van der Waals surface area (Å²) in [5.74, 6) is 2.09. The van der Waals surface area contributed by atoms with Gasteiger partial charge in [-0.05, 0) is 30.6 Å². The maximum Gasteiger partial charge on any atom is 0.250 e. The van der Waals surface area contributed by atoms with Gasteiger partial charge in [-0.15, -0.1) is 11.8 Å². The molecule has 0 saturated heterocycles. The summed E-state index contributed by atoms with van der Waals surface area (Å²) in [7, 11) is -1.77. The van der Waals surface area contributed by atoms with Crippen molar-refractivity contribution in [1.29, 1.82) is 0 Å². The minimum atomic E-state index is -1.77. The molecule has 22 heavy (non-hydrogen) atoms. The second-order valence-electron chi connectivity index (χ2n) is 7.30. The van der Waals surface area contributed by atoms with Crippen molar-refractivity contribution in [3.8, 4) is 0 Å². The van der Waals surface area contributed by atoms with Gasteiger partial charge in [0, 0.05) is 11.3 Å². The summed E-state index contributed by atoms with van der Waals surface area (Å²) in [4.78, 5) is 12.5. The molecule has 120 valence electrons. The Balaban J connectivity index is 2.00. The molecule has 1 unspecified atom stereocenters. The molecule has 0 N–H and O–H groups in total. The highest BCUT2D eigenvalue weighted by atomic mass is 32.2. The zero-order valence-corrected chi connectivity index (χ0v) is 16.0. The van der Waals surface area contributed by atoms with Gasteiger partial charge in [0.05, 0.1) is 11.0 Å². The van der Waals surface area contributed by atoms with Crippen LogP contribution in [0.1, 0.15) is 37.6 Å². The van der Waals surface area contributed by atoms with E-state index in [-0.39, 0.29) is 16.1 Å². The SMILES string of the molecule is CC(C)(C)[Si](C)(C)OC1=CCC(C(=O)c2ccccc2)SC1. The van der Waals surface area contributed by atoms with E-state index >= 15 is 0 Å². The third-order valence-corrected chi connectivity index (χ3v) is 10.2. The van der Waals surface area contributed by atoms with Crippen LogP contribution in [-0.4, -0.2) is 25.1 Å². The predicted molar refractivity (Wildman–Crippen MR) is 98.0 cm³/mol. The van der Waals surface area contributed by atoms with Crippen molar-refractivity contribution in [2.24, 2.45) is 0 Å². The maximum absolute atomic E-state index is 12.5. The van der Waals surface area contributed by atoms with E-state index in [2.05, 4.69) is 39.9 Å². The molecule has 1 heterocycles. The number of hydrogen-bond acceptors (Lipinski definition) is 3. The minimum Gasteiger partial charge on any atom is -0.546 e. The van der Waals surface area contributed by atoms with Gasteiger partial charge < -0.3 is 4.43 Å². The van der Waals surface area contributed by atoms with Crippen LogP contribution in [0.15, 0.2) is 42.2 Å². The van der Waals surface area contributed by atoms with E-state index in [1.807, 2.05) is 30.3 Å². The Morgan fingerprint density at radius 1 is 1.23 bits per heavy atom. The van der Waals surface area contributed by atoms with Crippen molar-refractivity contribution in [3.05, 3.63) is 47.7 Å². The molecule has 2 rings (SSSR count). The number of Topliss-reactive ketones (excluding diaryl/α,β-unsaturated/α-hetero) is 1. The van der Waals surface area contributed by atoms with Crippen LogP contribution in [-0.2, 0) is 4.43 Å². The van der Waals surface area contributed by atoms with E-state index < -0.39 is 8.32 Å². The first-order chi connectivity index (χ1) is 10.2. The fraction of sp³-hybridized carbons (Fsp3) is 0.500. The molecule has 4 heteroatoms. The molecule has 0 spiro atoms. The Labute approximate surface area is 139 Å². The molecule has 1 aromatic rings. The van der Waals surface area contributed by atoms with Gasteiger partial charge in [-0.3, -0.25) is 4.79 Å². The minimum absolute atomic E-state index is 0.0224. The predicted octanol–water partition coefficient (Wildman–Crippen LogP) is 5.28. The molecule has 2 nitrogen and oxygen atoms in total. The van der Waals surface area contributed by atoms with Crippen LogP contribution in [0.2, 0.25) is 18.1 Å². The van der Waals surface area contributed by atoms with Crippen LogP contribution in [0.3, 0.4) is 0 Å². The van der Waals surface area contributed by atoms with Gasteiger partial charge in [0.25, 0.3) is 0 Å². The van der Waals surface area contributed by atoms with E-state index in [1.54, 1.807) is 11.8 Å². The number of benzene rings is 1. The molecule has 1 aliphatic heterocycles. The number of carbonyl (C=O) groups excluding carboxylic acids is 1. The highest BCUT2D eigenvalue weighted by Crippen LogP contribution is 2.39. The van der Waals surface area contributed by atoms with E-state index in [4.69, 9.17) is 4.43 Å². The highest BCUT2D eigenvalue weighted by Gasteiger charge is 2.40. The Kier molecular flexibility index (Phi) is 5.23. The standard InChI is InChI=1S/C18H26O2SSi/c1-18(2,3)22(4,5)20-15-11-12-16(21-13-15)17(19)14-9-7-6-8-10-14/h6-11,16H,12-13H2,1-5H3. The summed E-state index contributed by atoms with van der Waals surface area (Å²) in [6.45, 7) is 11.3. The number of ketones is 1. The number of allylic oxidation sites excluding steroid dienone is 1. The van der Waals surface area contributed by atoms with Crippen molar-refractivity contribution in [2.45, 2.75) is 50.6 Å². The largest absolute Gasteiger partial charge is 0.546 e. The third kappa shape index (κ3) is 4.05. The third-order valence-electron chi connectivity index (χ3n) is 4.53. The molecular weight excluding hydrogens is 308 g/mol. The normalized spacial score (nSPS) is 19.5. The van der Waals surface area contributed by atoms with Crippen molar-refractivity contribution < 1.29 is 9.22 Å². The number of rotatable bonds is 4. The molecule has 0 aromatic heterocycles. The van der Waals surface area contributed by atoms with Crippen molar-refractivity contribution >= 4 is 25.9 Å². The van der Waals surface area contributed by atoms with Gasteiger partial charge in [-0.25, -0.2) is 0 Å². The van der Waals surface area contributed by atoms with Crippen LogP contribution in [0, 0.1) is 0 Å². The summed E-state index contributed by atoms with van der Waals surface area (Å²) in [5, 5.41) is 0.226. The summed E-state index contributed by atoms with van der Waals surface area (Å²) in [5.41, 5.74) is 0.808. The molecule has 0 bridgehead atoms. The van der Waals surface area contributed by atoms with E-state index in [9.17, 15) is 4.79 Å². The van der Waals surface area contributed by atoms with Crippen LogP contribution in [0.5, 0.6) is 0 Å². The van der Waals surface area contributed by atoms with E-state index in [1.165, 1.54) is 0 Å².